The van der Waals surface area contributed by atoms with E-state index in [1.807, 2.05) is 13.0 Å². The van der Waals surface area contributed by atoms with Crippen LogP contribution in [-0.2, 0) is 6.54 Å². The molecule has 0 aliphatic carbocycles. The molecule has 3 nitrogen and oxygen atoms in total. The van der Waals surface area contributed by atoms with Gasteiger partial charge >= 0.3 is 0 Å². The van der Waals surface area contributed by atoms with Crippen molar-refractivity contribution in [3.63, 3.8) is 0 Å². The lowest BCUT2D eigenvalue weighted by atomic mass is 10.2. The van der Waals surface area contributed by atoms with Gasteiger partial charge in [-0.15, -0.1) is 6.58 Å². The number of hydrogen-bond acceptors (Lipinski definition) is 3. The lowest BCUT2D eigenvalue weighted by Gasteiger charge is -2.30. The van der Waals surface area contributed by atoms with Crippen LogP contribution in [0.2, 0.25) is 0 Å². The van der Waals surface area contributed by atoms with Gasteiger partial charge in [0.2, 0.25) is 0 Å². The maximum atomic E-state index is 9.20. The molecular weight excluding hydrogens is 212 g/mol. The van der Waals surface area contributed by atoms with Crippen molar-refractivity contribution >= 4 is 0 Å². The molecule has 0 amide bonds. The van der Waals surface area contributed by atoms with Gasteiger partial charge in [0.25, 0.3) is 0 Å². The Bertz CT molecular complexity index is 305. The highest BCUT2D eigenvalue weighted by molar-refractivity contribution is 5.14. The highest BCUT2D eigenvalue weighted by Crippen LogP contribution is 2.06. The topological polar surface area (TPSA) is 26.7 Å². The number of hydrogen-bond donors (Lipinski definition) is 1. The van der Waals surface area contributed by atoms with E-state index in [1.165, 1.54) is 10.6 Å². The third kappa shape index (κ3) is 5.63. The van der Waals surface area contributed by atoms with Crippen LogP contribution < -0.4 is 0 Å². The Morgan fingerprint density at radius 3 is 2.24 bits per heavy atom. The fourth-order valence-electron chi connectivity index (χ4n) is 1.74. The number of benzene rings is 1. The molecule has 0 bridgehead atoms. The zero-order valence-electron chi connectivity index (χ0n) is 10.5. The summed E-state index contributed by atoms with van der Waals surface area (Å²) in [6.45, 7) is 9.66. The van der Waals surface area contributed by atoms with Gasteiger partial charge in [-0.3, -0.25) is 4.90 Å². The standard InChI is InChI=1S/C11H16N2O.C3H6/c14-13-8-6-12(7-9-13)10-11-4-2-1-3-5-11;1-3-2/h1-5,14H,6-10H2;3H,1H2,2H3. The van der Waals surface area contributed by atoms with Gasteiger partial charge in [0, 0.05) is 32.7 Å². The van der Waals surface area contributed by atoms with Crippen molar-refractivity contribution < 1.29 is 5.21 Å². The van der Waals surface area contributed by atoms with E-state index in [2.05, 4.69) is 35.7 Å². The summed E-state index contributed by atoms with van der Waals surface area (Å²) in [5.74, 6) is 0. The molecule has 0 saturated carbocycles. The monoisotopic (exact) mass is 234 g/mol. The molecule has 0 unspecified atom stereocenters. The fraction of sp³-hybridized carbons (Fsp3) is 0.429. The van der Waals surface area contributed by atoms with Crippen LogP contribution in [0.5, 0.6) is 0 Å². The minimum Gasteiger partial charge on any atom is -0.314 e. The van der Waals surface area contributed by atoms with E-state index in [9.17, 15) is 5.21 Å². The van der Waals surface area contributed by atoms with Gasteiger partial charge in [-0.1, -0.05) is 36.4 Å². The Balaban J connectivity index is 0.000000437. The smallest absolute Gasteiger partial charge is 0.0366 e. The van der Waals surface area contributed by atoms with Crippen LogP contribution in [0.4, 0.5) is 0 Å². The van der Waals surface area contributed by atoms with Crippen molar-refractivity contribution in [2.24, 2.45) is 0 Å². The largest absolute Gasteiger partial charge is 0.314 e. The van der Waals surface area contributed by atoms with Crippen molar-refractivity contribution in [2.75, 3.05) is 26.2 Å². The first-order chi connectivity index (χ1) is 8.26. The summed E-state index contributed by atoms with van der Waals surface area (Å²) in [6.07, 6.45) is 1.75. The van der Waals surface area contributed by atoms with Gasteiger partial charge in [0.1, 0.15) is 0 Å². The molecule has 1 heterocycles. The van der Waals surface area contributed by atoms with E-state index in [1.54, 1.807) is 6.08 Å². The molecule has 1 aliphatic rings. The van der Waals surface area contributed by atoms with Crippen molar-refractivity contribution in [3.8, 4) is 0 Å². The molecule has 17 heavy (non-hydrogen) atoms. The van der Waals surface area contributed by atoms with E-state index in [-0.39, 0.29) is 0 Å². The Labute approximate surface area is 104 Å². The van der Waals surface area contributed by atoms with Gasteiger partial charge in [0.05, 0.1) is 0 Å². The second-order valence-electron chi connectivity index (χ2n) is 4.12. The Morgan fingerprint density at radius 2 is 1.71 bits per heavy atom. The summed E-state index contributed by atoms with van der Waals surface area (Å²) in [5, 5.41) is 10.6. The minimum absolute atomic E-state index is 0.757. The van der Waals surface area contributed by atoms with E-state index < -0.39 is 0 Å². The molecule has 1 N–H and O–H groups in total. The fourth-order valence-corrected chi connectivity index (χ4v) is 1.74. The highest BCUT2D eigenvalue weighted by Gasteiger charge is 2.14. The maximum Gasteiger partial charge on any atom is 0.0366 e. The summed E-state index contributed by atoms with van der Waals surface area (Å²) >= 11 is 0. The average Bonchev–Trinajstić information content (AvgIpc) is 2.35. The van der Waals surface area contributed by atoms with Crippen LogP contribution in [0.15, 0.2) is 43.0 Å². The summed E-state index contributed by atoms with van der Waals surface area (Å²) < 4.78 is 0. The number of allylic oxidation sites excluding steroid dienone is 1. The average molecular weight is 234 g/mol. The van der Waals surface area contributed by atoms with Crippen molar-refractivity contribution in [2.45, 2.75) is 13.5 Å². The van der Waals surface area contributed by atoms with Gasteiger partial charge in [0.15, 0.2) is 0 Å². The molecule has 1 fully saturated rings. The highest BCUT2D eigenvalue weighted by atomic mass is 16.5. The van der Waals surface area contributed by atoms with Crippen LogP contribution >= 0.6 is 0 Å². The molecule has 1 aromatic carbocycles. The molecule has 0 radical (unpaired) electrons. The van der Waals surface area contributed by atoms with Crippen LogP contribution in [0.25, 0.3) is 0 Å². The molecule has 0 atom stereocenters. The molecule has 3 heteroatoms. The SMILES string of the molecule is C=CC.ON1CCN(Cc2ccccc2)CC1. The van der Waals surface area contributed by atoms with Gasteiger partial charge in [-0.2, -0.15) is 5.06 Å². The number of rotatable bonds is 2. The maximum absolute atomic E-state index is 9.20. The molecule has 1 aromatic rings. The molecule has 1 aliphatic heterocycles. The first-order valence-electron chi connectivity index (χ1n) is 6.03. The summed E-state index contributed by atoms with van der Waals surface area (Å²) in [6, 6.07) is 10.5. The van der Waals surface area contributed by atoms with Gasteiger partial charge in [-0.05, 0) is 12.5 Å². The van der Waals surface area contributed by atoms with Crippen molar-refractivity contribution in [3.05, 3.63) is 48.6 Å². The van der Waals surface area contributed by atoms with Gasteiger partial charge < -0.3 is 5.21 Å². The minimum atomic E-state index is 0.757. The molecule has 0 aromatic heterocycles. The van der Waals surface area contributed by atoms with Crippen LogP contribution in [0.3, 0.4) is 0 Å². The van der Waals surface area contributed by atoms with E-state index in [0.717, 1.165) is 32.7 Å². The summed E-state index contributed by atoms with van der Waals surface area (Å²) in [4.78, 5) is 2.36. The van der Waals surface area contributed by atoms with Crippen LogP contribution in [0, 0.1) is 0 Å². The molecule has 94 valence electrons. The predicted octanol–water partition coefficient (Wildman–Crippen LogP) is 2.39. The second kappa shape index (κ2) is 8.01. The van der Waals surface area contributed by atoms with E-state index in [4.69, 9.17) is 0 Å². The quantitative estimate of drug-likeness (QED) is 0.796. The predicted molar refractivity (Wildman–Crippen MR) is 70.9 cm³/mol. The molecule has 0 spiro atoms. The normalized spacial score (nSPS) is 17.1. The third-order valence-electron chi connectivity index (χ3n) is 2.60. The van der Waals surface area contributed by atoms with Crippen LogP contribution in [0.1, 0.15) is 12.5 Å². The first-order valence-corrected chi connectivity index (χ1v) is 6.03. The Morgan fingerprint density at radius 1 is 1.18 bits per heavy atom. The zero-order valence-corrected chi connectivity index (χ0v) is 10.5. The molecule has 2 rings (SSSR count). The molecule has 1 saturated heterocycles. The Kier molecular flexibility index (Phi) is 6.55. The lowest BCUT2D eigenvalue weighted by molar-refractivity contribution is -0.118. The van der Waals surface area contributed by atoms with Gasteiger partial charge in [-0.25, -0.2) is 0 Å². The number of nitrogens with zero attached hydrogens (tertiary/aromatic N) is 2. The summed E-state index contributed by atoms with van der Waals surface area (Å²) in [5.41, 5.74) is 1.35. The van der Waals surface area contributed by atoms with Crippen LogP contribution in [-0.4, -0.2) is 41.3 Å². The number of hydroxylamine groups is 2. The van der Waals surface area contributed by atoms with Crippen molar-refractivity contribution in [1.82, 2.24) is 9.96 Å². The summed E-state index contributed by atoms with van der Waals surface area (Å²) in [7, 11) is 0. The van der Waals surface area contributed by atoms with Crippen molar-refractivity contribution in [1.29, 1.82) is 0 Å². The zero-order chi connectivity index (χ0) is 12.5. The van der Waals surface area contributed by atoms with E-state index in [0.29, 0.717) is 0 Å². The number of piperazine rings is 1. The Hall–Kier alpha value is -1.16. The lowest BCUT2D eigenvalue weighted by Crippen LogP contribution is -2.44. The second-order valence-corrected chi connectivity index (χ2v) is 4.12. The molecular formula is C14H22N2O. The third-order valence-corrected chi connectivity index (χ3v) is 2.60. The first kappa shape index (κ1) is 13.9. The van der Waals surface area contributed by atoms with E-state index >= 15 is 0 Å².